The maximum Gasteiger partial charge on any atom is 0.240 e. The lowest BCUT2D eigenvalue weighted by atomic mass is 10.00. The Bertz CT molecular complexity index is 999. The Hall–Kier alpha value is -3.48. The van der Waals surface area contributed by atoms with Gasteiger partial charge < -0.3 is 9.88 Å². The van der Waals surface area contributed by atoms with E-state index < -0.39 is 5.92 Å². The summed E-state index contributed by atoms with van der Waals surface area (Å²) in [5.41, 5.74) is 2.12. The minimum absolute atomic E-state index is 0.251. The Labute approximate surface area is 163 Å². The van der Waals surface area contributed by atoms with Crippen molar-refractivity contribution in [3.05, 3.63) is 72.3 Å². The highest BCUT2D eigenvalue weighted by molar-refractivity contribution is 6.11. The number of benzene rings is 1. The number of anilines is 2. The van der Waals surface area contributed by atoms with Gasteiger partial charge in [0.05, 0.1) is 6.33 Å². The zero-order valence-electron chi connectivity index (χ0n) is 15.6. The summed E-state index contributed by atoms with van der Waals surface area (Å²) < 4.78 is 1.89. The molecule has 3 heterocycles. The van der Waals surface area contributed by atoms with Gasteiger partial charge in [0, 0.05) is 26.0 Å². The zero-order valence-corrected chi connectivity index (χ0v) is 15.6. The fraction of sp³-hybridized carbons (Fsp3) is 0.238. The number of carbonyl (C=O) groups is 2. The number of hydrogen-bond acceptors (Lipinski definition) is 4. The number of rotatable bonds is 4. The second-order valence-corrected chi connectivity index (χ2v) is 6.88. The summed E-state index contributed by atoms with van der Waals surface area (Å²) in [5, 5.41) is 2.78. The van der Waals surface area contributed by atoms with Crippen molar-refractivity contribution in [3.8, 4) is 0 Å². The fourth-order valence-electron chi connectivity index (χ4n) is 3.45. The molecule has 0 bridgehead atoms. The molecule has 4 rings (SSSR count). The van der Waals surface area contributed by atoms with Crippen molar-refractivity contribution in [2.45, 2.75) is 19.4 Å². The molecular weight excluding hydrogens is 354 g/mol. The van der Waals surface area contributed by atoms with Crippen LogP contribution in [0.2, 0.25) is 0 Å². The first-order valence-electron chi connectivity index (χ1n) is 9.20. The van der Waals surface area contributed by atoms with Crippen LogP contribution in [0, 0.1) is 5.92 Å². The van der Waals surface area contributed by atoms with E-state index in [1.807, 2.05) is 47.0 Å². The van der Waals surface area contributed by atoms with Crippen LogP contribution < -0.4 is 10.2 Å². The van der Waals surface area contributed by atoms with E-state index in [9.17, 15) is 9.59 Å². The van der Waals surface area contributed by atoms with Gasteiger partial charge in [0.25, 0.3) is 0 Å². The van der Waals surface area contributed by atoms with Gasteiger partial charge in [0.15, 0.2) is 5.82 Å². The van der Waals surface area contributed by atoms with Crippen LogP contribution in [0.15, 0.2) is 61.2 Å². The molecule has 1 aromatic carbocycles. The minimum atomic E-state index is -0.765. The minimum Gasteiger partial charge on any atom is -0.331 e. The first-order chi connectivity index (χ1) is 13.6. The molecule has 1 aliphatic rings. The largest absolute Gasteiger partial charge is 0.331 e. The van der Waals surface area contributed by atoms with Crippen LogP contribution in [0.3, 0.4) is 0 Å². The number of fused-ring (bicyclic) bond motifs is 1. The average molecular weight is 375 g/mol. The summed E-state index contributed by atoms with van der Waals surface area (Å²) in [6.07, 6.45) is 6.16. The summed E-state index contributed by atoms with van der Waals surface area (Å²) in [4.78, 5) is 35.6. The standard InChI is InChI=1S/C21H21N5O2/c1-25-19-16(8-5-11-22-19)9-10-17(21(25)28)20(27)24-18-13-26(14-23-18)12-15-6-3-2-4-7-15/h2-8,11,13-14,17H,9-10,12H2,1H3,(H,24,27). The summed E-state index contributed by atoms with van der Waals surface area (Å²) in [5.74, 6) is -0.294. The highest BCUT2D eigenvalue weighted by Crippen LogP contribution is 2.26. The number of aromatic nitrogens is 3. The average Bonchev–Trinajstić information content (AvgIpc) is 3.10. The van der Waals surface area contributed by atoms with Gasteiger partial charge in [-0.2, -0.15) is 0 Å². The van der Waals surface area contributed by atoms with E-state index >= 15 is 0 Å². The van der Waals surface area contributed by atoms with E-state index in [4.69, 9.17) is 0 Å². The maximum absolute atomic E-state index is 12.8. The van der Waals surface area contributed by atoms with Gasteiger partial charge in [0.2, 0.25) is 11.8 Å². The predicted octanol–water partition coefficient (Wildman–Crippen LogP) is 2.49. The van der Waals surface area contributed by atoms with Crippen LogP contribution in [0.1, 0.15) is 17.5 Å². The SMILES string of the molecule is CN1C(=O)C(C(=O)Nc2cn(Cc3ccccc3)cn2)CCc2cccnc21. The Morgan fingerprint density at radius 2 is 2.00 bits per heavy atom. The molecule has 142 valence electrons. The Morgan fingerprint density at radius 1 is 1.18 bits per heavy atom. The van der Waals surface area contributed by atoms with E-state index in [1.165, 1.54) is 4.90 Å². The highest BCUT2D eigenvalue weighted by Gasteiger charge is 2.34. The van der Waals surface area contributed by atoms with E-state index in [-0.39, 0.29) is 11.8 Å². The van der Waals surface area contributed by atoms with E-state index in [0.717, 1.165) is 11.1 Å². The molecule has 7 nitrogen and oxygen atoms in total. The van der Waals surface area contributed by atoms with E-state index in [0.29, 0.717) is 31.0 Å². The fourth-order valence-corrected chi connectivity index (χ4v) is 3.45. The molecule has 7 heteroatoms. The number of carbonyl (C=O) groups excluding carboxylic acids is 2. The molecule has 3 aromatic rings. The molecule has 1 aliphatic heterocycles. The molecular formula is C21H21N5O2. The summed E-state index contributed by atoms with van der Waals surface area (Å²) >= 11 is 0. The molecule has 0 aliphatic carbocycles. The van der Waals surface area contributed by atoms with Crippen LogP contribution >= 0.6 is 0 Å². The Balaban J connectivity index is 1.45. The van der Waals surface area contributed by atoms with E-state index in [1.54, 1.807) is 25.8 Å². The molecule has 1 unspecified atom stereocenters. The quantitative estimate of drug-likeness (QED) is 0.711. The van der Waals surface area contributed by atoms with Crippen molar-refractivity contribution in [2.24, 2.45) is 5.92 Å². The number of pyridine rings is 1. The smallest absolute Gasteiger partial charge is 0.240 e. The first-order valence-corrected chi connectivity index (χ1v) is 9.20. The number of amides is 2. The molecule has 1 atom stereocenters. The van der Waals surface area contributed by atoms with Crippen molar-refractivity contribution in [3.63, 3.8) is 0 Å². The maximum atomic E-state index is 12.8. The lowest BCUT2D eigenvalue weighted by molar-refractivity contribution is -0.130. The highest BCUT2D eigenvalue weighted by atomic mass is 16.2. The van der Waals surface area contributed by atoms with Crippen LogP contribution in [-0.2, 0) is 22.6 Å². The van der Waals surface area contributed by atoms with Gasteiger partial charge in [-0.15, -0.1) is 0 Å². The number of nitrogens with one attached hydrogen (secondary N) is 1. The number of aryl methyl sites for hydroxylation is 1. The second-order valence-electron chi connectivity index (χ2n) is 6.88. The van der Waals surface area contributed by atoms with Crippen molar-refractivity contribution in [1.29, 1.82) is 0 Å². The topological polar surface area (TPSA) is 80.1 Å². The van der Waals surface area contributed by atoms with Crippen molar-refractivity contribution in [1.82, 2.24) is 14.5 Å². The van der Waals surface area contributed by atoms with E-state index in [2.05, 4.69) is 15.3 Å². The normalized spacial score (nSPS) is 16.4. The van der Waals surface area contributed by atoms with Crippen LogP contribution in [0.4, 0.5) is 11.6 Å². The molecule has 1 N–H and O–H groups in total. The van der Waals surface area contributed by atoms with Gasteiger partial charge in [-0.05, 0) is 30.0 Å². The first kappa shape index (κ1) is 17.9. The van der Waals surface area contributed by atoms with Gasteiger partial charge >= 0.3 is 0 Å². The second kappa shape index (κ2) is 7.64. The van der Waals surface area contributed by atoms with Gasteiger partial charge in [-0.25, -0.2) is 9.97 Å². The van der Waals surface area contributed by atoms with Crippen molar-refractivity contribution in [2.75, 3.05) is 17.3 Å². The molecule has 0 saturated heterocycles. The van der Waals surface area contributed by atoms with Gasteiger partial charge in [0.1, 0.15) is 11.7 Å². The lowest BCUT2D eigenvalue weighted by Crippen LogP contribution is -2.38. The molecule has 0 saturated carbocycles. The zero-order chi connectivity index (χ0) is 19.5. The van der Waals surface area contributed by atoms with Crippen LogP contribution in [0.5, 0.6) is 0 Å². The van der Waals surface area contributed by atoms with Crippen LogP contribution in [0.25, 0.3) is 0 Å². The monoisotopic (exact) mass is 375 g/mol. The van der Waals surface area contributed by atoms with Crippen LogP contribution in [-0.4, -0.2) is 33.4 Å². The number of hydrogen-bond donors (Lipinski definition) is 1. The Morgan fingerprint density at radius 3 is 2.82 bits per heavy atom. The molecule has 0 spiro atoms. The Kier molecular flexibility index (Phi) is 4.89. The van der Waals surface area contributed by atoms with Gasteiger partial charge in [-0.3, -0.25) is 14.5 Å². The third kappa shape index (κ3) is 3.64. The summed E-state index contributed by atoms with van der Waals surface area (Å²) in [6, 6.07) is 13.8. The molecule has 2 aromatic heterocycles. The molecule has 0 fully saturated rings. The summed E-state index contributed by atoms with van der Waals surface area (Å²) in [7, 11) is 1.66. The predicted molar refractivity (Wildman–Crippen MR) is 106 cm³/mol. The summed E-state index contributed by atoms with van der Waals surface area (Å²) in [6.45, 7) is 0.662. The third-order valence-electron chi connectivity index (χ3n) is 4.93. The third-order valence-corrected chi connectivity index (χ3v) is 4.93. The number of imidazole rings is 1. The van der Waals surface area contributed by atoms with Crippen molar-refractivity contribution >= 4 is 23.5 Å². The molecule has 2 amide bonds. The van der Waals surface area contributed by atoms with Gasteiger partial charge in [-0.1, -0.05) is 36.4 Å². The lowest BCUT2D eigenvalue weighted by Gasteiger charge is -2.19. The molecule has 28 heavy (non-hydrogen) atoms. The van der Waals surface area contributed by atoms with Crippen molar-refractivity contribution < 1.29 is 9.59 Å². The number of nitrogens with zero attached hydrogens (tertiary/aromatic N) is 4. The molecule has 0 radical (unpaired) electrons.